The van der Waals surface area contributed by atoms with Gasteiger partial charge >= 0.3 is 0 Å². The maximum atomic E-state index is 13.9. The summed E-state index contributed by atoms with van der Waals surface area (Å²) in [5.41, 5.74) is 1.66. The molecular formula is C23H16FNO4S. The lowest BCUT2D eigenvalue weighted by Crippen LogP contribution is -2.27. The average Bonchev–Trinajstić information content (AvgIpc) is 3.30. The van der Waals surface area contributed by atoms with Crippen LogP contribution in [0.1, 0.15) is 28.6 Å². The standard InChI is InChI=1S/C23H16FNO4S/c1-14(26)15-6-8-16(9-7-15)20-11-10-18(29-20)12-21-22(27)25(23(28)30-21)13-17-4-2-3-5-19(17)24/h2-12H,13H2,1H3/b21-12-. The van der Waals surface area contributed by atoms with Crippen LogP contribution in [0.3, 0.4) is 0 Å². The highest BCUT2D eigenvalue weighted by atomic mass is 32.2. The van der Waals surface area contributed by atoms with Crippen LogP contribution in [0.25, 0.3) is 17.4 Å². The van der Waals surface area contributed by atoms with E-state index in [0.717, 1.165) is 22.2 Å². The number of carbonyl (C=O) groups excluding carboxylic acids is 3. The van der Waals surface area contributed by atoms with Crippen molar-refractivity contribution in [2.24, 2.45) is 0 Å². The number of ketones is 1. The Kier molecular flexibility index (Phi) is 5.37. The quantitative estimate of drug-likeness (QED) is 0.401. The number of carbonyl (C=O) groups is 3. The summed E-state index contributed by atoms with van der Waals surface area (Å²) >= 11 is 0.791. The molecule has 2 amide bonds. The van der Waals surface area contributed by atoms with Gasteiger partial charge < -0.3 is 4.42 Å². The SMILES string of the molecule is CC(=O)c1ccc(-c2ccc(/C=C3\SC(=O)N(Cc4ccccc4F)C3=O)o2)cc1. The summed E-state index contributed by atoms with van der Waals surface area (Å²) in [6.07, 6.45) is 1.50. The Hall–Kier alpha value is -3.45. The molecule has 1 aromatic heterocycles. The molecule has 0 N–H and O–H groups in total. The second kappa shape index (κ2) is 8.12. The van der Waals surface area contributed by atoms with Gasteiger partial charge in [-0.15, -0.1) is 0 Å². The molecule has 150 valence electrons. The highest BCUT2D eigenvalue weighted by Gasteiger charge is 2.35. The summed E-state index contributed by atoms with van der Waals surface area (Å²) < 4.78 is 19.6. The Morgan fingerprint density at radius 3 is 2.50 bits per heavy atom. The number of hydrogen-bond donors (Lipinski definition) is 0. The van der Waals surface area contributed by atoms with Crippen LogP contribution in [0.5, 0.6) is 0 Å². The van der Waals surface area contributed by atoms with Gasteiger partial charge in [-0.3, -0.25) is 19.3 Å². The van der Waals surface area contributed by atoms with Gasteiger partial charge in [-0.25, -0.2) is 4.39 Å². The molecule has 3 aromatic rings. The molecule has 0 unspecified atom stereocenters. The van der Waals surface area contributed by atoms with Crippen molar-refractivity contribution < 1.29 is 23.2 Å². The maximum Gasteiger partial charge on any atom is 0.293 e. The molecule has 0 aliphatic carbocycles. The third-order valence-electron chi connectivity index (χ3n) is 4.64. The molecule has 0 saturated carbocycles. The summed E-state index contributed by atoms with van der Waals surface area (Å²) in [4.78, 5) is 37.5. The maximum absolute atomic E-state index is 13.9. The summed E-state index contributed by atoms with van der Waals surface area (Å²) in [6, 6.07) is 16.5. The van der Waals surface area contributed by atoms with Crippen LogP contribution in [0.4, 0.5) is 9.18 Å². The van der Waals surface area contributed by atoms with Crippen molar-refractivity contribution in [2.75, 3.05) is 0 Å². The first-order chi connectivity index (χ1) is 14.4. The third kappa shape index (κ3) is 3.97. The molecule has 7 heteroatoms. The van der Waals surface area contributed by atoms with E-state index in [1.54, 1.807) is 54.6 Å². The van der Waals surface area contributed by atoms with E-state index in [9.17, 15) is 18.8 Å². The van der Waals surface area contributed by atoms with Gasteiger partial charge in [0.1, 0.15) is 17.3 Å². The largest absolute Gasteiger partial charge is 0.457 e. The van der Waals surface area contributed by atoms with Gasteiger partial charge in [0.15, 0.2) is 5.78 Å². The number of rotatable bonds is 5. The summed E-state index contributed by atoms with van der Waals surface area (Å²) in [5.74, 6) is 0.00998. The Labute approximate surface area is 176 Å². The van der Waals surface area contributed by atoms with Crippen molar-refractivity contribution in [1.82, 2.24) is 4.90 Å². The molecular weight excluding hydrogens is 405 g/mol. The molecule has 30 heavy (non-hydrogen) atoms. The van der Waals surface area contributed by atoms with Gasteiger partial charge in [0.25, 0.3) is 11.1 Å². The predicted molar refractivity (Wildman–Crippen MR) is 112 cm³/mol. The molecule has 1 aliphatic heterocycles. The molecule has 2 aromatic carbocycles. The van der Waals surface area contributed by atoms with E-state index in [4.69, 9.17) is 4.42 Å². The number of nitrogens with zero attached hydrogens (tertiary/aromatic N) is 1. The van der Waals surface area contributed by atoms with Crippen molar-refractivity contribution in [2.45, 2.75) is 13.5 Å². The molecule has 1 saturated heterocycles. The molecule has 0 atom stereocenters. The number of Topliss-reactive ketones (excluding diaryl/α,β-unsaturated/α-hetero) is 1. The molecule has 0 radical (unpaired) electrons. The fraction of sp³-hybridized carbons (Fsp3) is 0.0870. The van der Waals surface area contributed by atoms with Crippen LogP contribution in [0, 0.1) is 5.82 Å². The zero-order chi connectivity index (χ0) is 21.3. The molecule has 1 fully saturated rings. The summed E-state index contributed by atoms with van der Waals surface area (Å²) in [6.45, 7) is 1.37. The van der Waals surface area contributed by atoms with E-state index in [1.165, 1.54) is 19.1 Å². The van der Waals surface area contributed by atoms with Gasteiger partial charge in [0, 0.05) is 22.8 Å². The fourth-order valence-corrected chi connectivity index (χ4v) is 3.84. The number of furan rings is 1. The minimum Gasteiger partial charge on any atom is -0.457 e. The van der Waals surface area contributed by atoms with Gasteiger partial charge in [-0.05, 0) is 36.9 Å². The van der Waals surface area contributed by atoms with Gasteiger partial charge in [0.2, 0.25) is 0 Å². The number of halogens is 1. The lowest BCUT2D eigenvalue weighted by molar-refractivity contribution is -0.123. The number of benzene rings is 2. The monoisotopic (exact) mass is 421 g/mol. The zero-order valence-electron chi connectivity index (χ0n) is 15.9. The van der Waals surface area contributed by atoms with Crippen LogP contribution in [-0.4, -0.2) is 21.8 Å². The lowest BCUT2D eigenvalue weighted by atomic mass is 10.1. The predicted octanol–water partition coefficient (Wildman–Crippen LogP) is 5.52. The van der Waals surface area contributed by atoms with Gasteiger partial charge in [-0.1, -0.05) is 42.5 Å². The van der Waals surface area contributed by atoms with Crippen molar-refractivity contribution >= 4 is 34.8 Å². The number of thioether (sulfide) groups is 1. The first-order valence-corrected chi connectivity index (χ1v) is 9.94. The van der Waals surface area contributed by atoms with Gasteiger partial charge in [-0.2, -0.15) is 0 Å². The van der Waals surface area contributed by atoms with Crippen molar-refractivity contribution in [3.05, 3.63) is 88.3 Å². The Balaban J connectivity index is 1.53. The van der Waals surface area contributed by atoms with Crippen LogP contribution < -0.4 is 0 Å². The number of imide groups is 1. The normalized spacial score (nSPS) is 15.3. The molecule has 0 spiro atoms. The minimum absolute atomic E-state index is 0.0206. The fourth-order valence-electron chi connectivity index (χ4n) is 3.02. The Bertz CT molecular complexity index is 1180. The average molecular weight is 421 g/mol. The number of amides is 2. The van der Waals surface area contributed by atoms with Crippen molar-refractivity contribution in [3.8, 4) is 11.3 Å². The molecule has 4 rings (SSSR count). The highest BCUT2D eigenvalue weighted by Crippen LogP contribution is 2.34. The molecule has 0 bridgehead atoms. The molecule has 1 aliphatic rings. The van der Waals surface area contributed by atoms with E-state index in [1.807, 2.05) is 0 Å². The van der Waals surface area contributed by atoms with Crippen molar-refractivity contribution in [3.63, 3.8) is 0 Å². The highest BCUT2D eigenvalue weighted by molar-refractivity contribution is 8.18. The van der Waals surface area contributed by atoms with E-state index >= 15 is 0 Å². The van der Waals surface area contributed by atoms with Crippen molar-refractivity contribution in [1.29, 1.82) is 0 Å². The van der Waals surface area contributed by atoms with E-state index in [-0.39, 0.29) is 22.8 Å². The van der Waals surface area contributed by atoms with Crippen LogP contribution in [0.2, 0.25) is 0 Å². The van der Waals surface area contributed by atoms with Gasteiger partial charge in [0.05, 0.1) is 11.4 Å². The second-order valence-corrected chi connectivity index (χ2v) is 7.69. The van der Waals surface area contributed by atoms with E-state index in [2.05, 4.69) is 0 Å². The summed E-state index contributed by atoms with van der Waals surface area (Å²) in [5, 5.41) is -0.457. The van der Waals surface area contributed by atoms with Crippen LogP contribution in [-0.2, 0) is 11.3 Å². The van der Waals surface area contributed by atoms with Crippen LogP contribution >= 0.6 is 11.8 Å². The lowest BCUT2D eigenvalue weighted by Gasteiger charge is -2.12. The zero-order valence-corrected chi connectivity index (χ0v) is 16.7. The third-order valence-corrected chi connectivity index (χ3v) is 5.54. The topological polar surface area (TPSA) is 67.6 Å². The van der Waals surface area contributed by atoms with E-state index < -0.39 is 17.0 Å². The Morgan fingerprint density at radius 1 is 1.07 bits per heavy atom. The van der Waals surface area contributed by atoms with Crippen LogP contribution in [0.15, 0.2) is 70.0 Å². The molecule has 5 nitrogen and oxygen atoms in total. The second-order valence-electron chi connectivity index (χ2n) is 6.69. The first kappa shape index (κ1) is 19.8. The first-order valence-electron chi connectivity index (χ1n) is 9.12. The number of hydrogen-bond acceptors (Lipinski definition) is 5. The van der Waals surface area contributed by atoms with E-state index in [0.29, 0.717) is 17.1 Å². The smallest absolute Gasteiger partial charge is 0.293 e. The minimum atomic E-state index is -0.489. The Morgan fingerprint density at radius 2 is 1.80 bits per heavy atom. The molecule has 2 heterocycles. The summed E-state index contributed by atoms with van der Waals surface area (Å²) in [7, 11) is 0.